The molecule has 6 heteroatoms. The number of carbonyl (C=O) groups is 1. The van der Waals surface area contributed by atoms with Crippen LogP contribution >= 0.6 is 43.5 Å². The van der Waals surface area contributed by atoms with Crippen LogP contribution in [-0.2, 0) is 14.3 Å². The number of hydrogen-bond acceptors (Lipinski definition) is 3. The second-order valence-electron chi connectivity index (χ2n) is 7.99. The Morgan fingerprint density at radius 2 is 1.96 bits per heavy atom. The minimum absolute atomic E-state index is 0.0384. The van der Waals surface area contributed by atoms with E-state index in [-0.39, 0.29) is 39.2 Å². The summed E-state index contributed by atoms with van der Waals surface area (Å²) in [6.07, 6.45) is 3.50. The van der Waals surface area contributed by atoms with Gasteiger partial charge in [-0.15, -0.1) is 11.6 Å². The number of epoxide rings is 1. The van der Waals surface area contributed by atoms with Gasteiger partial charge in [0.25, 0.3) is 0 Å². The molecule has 0 aromatic carbocycles. The Balaban J connectivity index is 2.20. The molecule has 130 valence electrons. The minimum atomic E-state index is -0.491. The van der Waals surface area contributed by atoms with E-state index in [0.29, 0.717) is 6.42 Å². The number of allylic oxidation sites excluding steroid dienone is 1. The molecule has 0 aromatic heterocycles. The van der Waals surface area contributed by atoms with Crippen molar-refractivity contribution in [2.45, 2.75) is 61.9 Å². The number of esters is 1. The van der Waals surface area contributed by atoms with Crippen molar-refractivity contribution in [3.8, 4) is 0 Å². The summed E-state index contributed by atoms with van der Waals surface area (Å²) in [5.41, 5.74) is -1.01. The first kappa shape index (κ1) is 18.2. The van der Waals surface area contributed by atoms with E-state index < -0.39 is 4.87 Å². The second kappa shape index (κ2) is 5.21. The van der Waals surface area contributed by atoms with Crippen molar-refractivity contribution in [2.24, 2.45) is 16.7 Å². The van der Waals surface area contributed by atoms with E-state index in [4.69, 9.17) is 21.1 Å². The summed E-state index contributed by atoms with van der Waals surface area (Å²) in [6.45, 7) is 8.49. The first-order valence-corrected chi connectivity index (χ1v) is 9.99. The average Bonchev–Trinajstić information content (AvgIpc) is 3.11. The highest BCUT2D eigenvalue weighted by Crippen LogP contribution is 2.73. The predicted molar refractivity (Wildman–Crippen MR) is 98.2 cm³/mol. The third-order valence-electron chi connectivity index (χ3n) is 6.59. The quantitative estimate of drug-likeness (QED) is 0.314. The molecule has 6 atom stereocenters. The Labute approximate surface area is 159 Å². The molecule has 0 N–H and O–H groups in total. The van der Waals surface area contributed by atoms with Crippen molar-refractivity contribution in [3.05, 3.63) is 10.6 Å². The smallest absolute Gasteiger partial charge is 0.309 e. The maximum atomic E-state index is 12.7. The topological polar surface area (TPSA) is 38.8 Å². The molecule has 0 amide bonds. The molecular weight excluding hydrogens is 447 g/mol. The molecular formula is C17H23Br2ClO3. The summed E-state index contributed by atoms with van der Waals surface area (Å²) < 4.78 is 12.4. The molecule has 1 saturated heterocycles. The summed E-state index contributed by atoms with van der Waals surface area (Å²) in [6, 6.07) is 0. The number of halogens is 3. The van der Waals surface area contributed by atoms with Crippen molar-refractivity contribution < 1.29 is 14.3 Å². The molecule has 2 aliphatic carbocycles. The first-order valence-electron chi connectivity index (χ1n) is 7.90. The fourth-order valence-electron chi connectivity index (χ4n) is 4.96. The molecule has 2 fully saturated rings. The van der Waals surface area contributed by atoms with Gasteiger partial charge in [0.1, 0.15) is 11.7 Å². The SMILES string of the molecule is COC(=O)C1CC(C)(Cl)C(Br)CC12C(C)(C)C(Br)=CC1OC12C. The second-order valence-corrected chi connectivity index (χ2v) is 10.8. The van der Waals surface area contributed by atoms with Crippen LogP contribution in [0.15, 0.2) is 10.6 Å². The van der Waals surface area contributed by atoms with Gasteiger partial charge in [0.15, 0.2) is 0 Å². The van der Waals surface area contributed by atoms with Crippen LogP contribution in [0.3, 0.4) is 0 Å². The van der Waals surface area contributed by atoms with E-state index in [9.17, 15) is 4.79 Å². The molecule has 3 aliphatic rings. The lowest BCUT2D eigenvalue weighted by atomic mass is 9.45. The molecule has 1 saturated carbocycles. The van der Waals surface area contributed by atoms with Crippen molar-refractivity contribution >= 4 is 49.4 Å². The van der Waals surface area contributed by atoms with Gasteiger partial charge in [0, 0.05) is 20.1 Å². The maximum Gasteiger partial charge on any atom is 0.309 e. The van der Waals surface area contributed by atoms with Crippen LogP contribution in [0.2, 0.25) is 0 Å². The van der Waals surface area contributed by atoms with Gasteiger partial charge in [-0.05, 0) is 32.8 Å². The summed E-state index contributed by atoms with van der Waals surface area (Å²) >= 11 is 14.3. The summed E-state index contributed by atoms with van der Waals surface area (Å²) in [5.74, 6) is -0.503. The Morgan fingerprint density at radius 1 is 1.35 bits per heavy atom. The fraction of sp³-hybridized carbons (Fsp3) is 0.824. The van der Waals surface area contributed by atoms with Crippen molar-refractivity contribution in [2.75, 3.05) is 7.11 Å². The summed E-state index contributed by atoms with van der Waals surface area (Å²) in [7, 11) is 1.45. The number of fused-ring (bicyclic) bond motifs is 2. The zero-order valence-electron chi connectivity index (χ0n) is 14.1. The van der Waals surface area contributed by atoms with Gasteiger partial charge in [0.05, 0.1) is 17.9 Å². The molecule has 3 nitrogen and oxygen atoms in total. The van der Waals surface area contributed by atoms with Gasteiger partial charge < -0.3 is 9.47 Å². The highest BCUT2D eigenvalue weighted by atomic mass is 79.9. The van der Waals surface area contributed by atoms with E-state index in [2.05, 4.69) is 58.7 Å². The first-order chi connectivity index (χ1) is 10.4. The fourth-order valence-corrected chi connectivity index (χ4v) is 6.48. The normalized spacial score (nSPS) is 51.0. The lowest BCUT2D eigenvalue weighted by molar-refractivity contribution is -0.165. The Bertz CT molecular complexity index is 588. The molecule has 0 radical (unpaired) electrons. The van der Waals surface area contributed by atoms with Crippen LogP contribution in [0.4, 0.5) is 0 Å². The molecule has 0 bridgehead atoms. The predicted octanol–water partition coefficient (Wildman–Crippen LogP) is 4.79. The Hall–Kier alpha value is 0.420. The van der Waals surface area contributed by atoms with E-state index in [1.807, 2.05) is 6.92 Å². The average molecular weight is 471 g/mol. The molecule has 3 rings (SSSR count). The van der Waals surface area contributed by atoms with Crippen LogP contribution in [0, 0.1) is 16.7 Å². The Kier molecular flexibility index (Phi) is 4.13. The molecule has 1 aliphatic heterocycles. The zero-order chi connectivity index (χ0) is 17.4. The summed E-state index contributed by atoms with van der Waals surface area (Å²) in [4.78, 5) is 12.4. The van der Waals surface area contributed by atoms with E-state index in [1.165, 1.54) is 7.11 Å². The van der Waals surface area contributed by atoms with Gasteiger partial charge >= 0.3 is 5.97 Å². The van der Waals surface area contributed by atoms with Crippen LogP contribution in [0.5, 0.6) is 0 Å². The lowest BCUT2D eigenvalue weighted by Gasteiger charge is -2.60. The van der Waals surface area contributed by atoms with Gasteiger partial charge in [-0.25, -0.2) is 0 Å². The van der Waals surface area contributed by atoms with Crippen LogP contribution in [0.25, 0.3) is 0 Å². The number of methoxy groups -OCH3 is 1. The highest BCUT2D eigenvalue weighted by molar-refractivity contribution is 9.11. The molecule has 1 spiro atoms. The lowest BCUT2D eigenvalue weighted by Crippen LogP contribution is -2.64. The Morgan fingerprint density at radius 3 is 2.52 bits per heavy atom. The number of ether oxygens (including phenoxy) is 2. The number of alkyl halides is 2. The monoisotopic (exact) mass is 468 g/mol. The van der Waals surface area contributed by atoms with Gasteiger partial charge in [-0.1, -0.05) is 45.7 Å². The number of rotatable bonds is 1. The van der Waals surface area contributed by atoms with Crippen molar-refractivity contribution in [3.63, 3.8) is 0 Å². The van der Waals surface area contributed by atoms with E-state index >= 15 is 0 Å². The van der Waals surface area contributed by atoms with Gasteiger partial charge in [-0.3, -0.25) is 4.79 Å². The van der Waals surface area contributed by atoms with Crippen molar-refractivity contribution in [1.82, 2.24) is 0 Å². The van der Waals surface area contributed by atoms with Gasteiger partial charge in [-0.2, -0.15) is 0 Å². The standard InChI is InChI=1S/C17H23Br2ClO3/c1-14(2)10(18)6-12-16(4,23-12)17(14)8-11(19)15(3,20)7-9(17)13(21)22-5/h6,9,11-12H,7-8H2,1-5H3. The van der Waals surface area contributed by atoms with Gasteiger partial charge in [0.2, 0.25) is 0 Å². The molecule has 1 heterocycles. The minimum Gasteiger partial charge on any atom is -0.469 e. The summed E-state index contributed by atoms with van der Waals surface area (Å²) in [5, 5.41) is 0. The number of hydrogen-bond donors (Lipinski definition) is 0. The maximum absolute atomic E-state index is 12.7. The van der Waals surface area contributed by atoms with Crippen LogP contribution < -0.4 is 0 Å². The van der Waals surface area contributed by atoms with E-state index in [1.54, 1.807) is 0 Å². The number of carbonyl (C=O) groups excluding carboxylic acids is 1. The molecule has 23 heavy (non-hydrogen) atoms. The third kappa shape index (κ3) is 2.18. The highest BCUT2D eigenvalue weighted by Gasteiger charge is 2.78. The van der Waals surface area contributed by atoms with Crippen molar-refractivity contribution in [1.29, 1.82) is 0 Å². The largest absolute Gasteiger partial charge is 0.469 e. The van der Waals surface area contributed by atoms with E-state index in [0.717, 1.165) is 10.9 Å². The zero-order valence-corrected chi connectivity index (χ0v) is 18.0. The third-order valence-corrected chi connectivity index (χ3v) is 9.86. The molecule has 0 aromatic rings. The molecule has 6 unspecified atom stereocenters. The van der Waals surface area contributed by atoms with Crippen LogP contribution in [0.1, 0.15) is 40.5 Å². The van der Waals surface area contributed by atoms with Crippen LogP contribution in [-0.4, -0.2) is 34.5 Å².